The molecule has 0 radical (unpaired) electrons. The molecule has 226 valence electrons. The lowest BCUT2D eigenvalue weighted by molar-refractivity contribution is 0.278. The van der Waals surface area contributed by atoms with Crippen molar-refractivity contribution in [2.45, 2.75) is 12.0 Å². The van der Waals surface area contributed by atoms with Crippen LogP contribution in [-0.4, -0.2) is 6.10 Å². The Balaban J connectivity index is 1.15. The van der Waals surface area contributed by atoms with Gasteiger partial charge in [-0.15, -0.1) is 0 Å². The molecular formula is C46H29FO. The molecule has 0 amide bonds. The van der Waals surface area contributed by atoms with Crippen LogP contribution in [0.15, 0.2) is 164 Å². The first kappa shape index (κ1) is 27.2. The Kier molecular flexibility index (Phi) is 5.95. The molecule has 8 aromatic carbocycles. The predicted octanol–water partition coefficient (Wildman–Crippen LogP) is 12.3. The van der Waals surface area contributed by atoms with Gasteiger partial charge in [0.25, 0.3) is 0 Å². The summed E-state index contributed by atoms with van der Waals surface area (Å²) >= 11 is 0. The molecule has 1 aliphatic carbocycles. The molecule has 1 heterocycles. The number of allylic oxidation sites excluding steroid dienone is 2. The van der Waals surface area contributed by atoms with E-state index in [2.05, 4.69) is 115 Å². The molecule has 2 aliphatic rings. The molecule has 0 bridgehead atoms. The number of hydrogen-bond acceptors (Lipinski definition) is 1. The SMILES string of the molecule is Fc1c2ccccc2c(-c2ccc3c(c2)C2C=CC=C(c4c5ccccc5c(-c5ccccc5)c5ccccc45)C2O3)c2ccccc12. The molecule has 0 fully saturated rings. The summed E-state index contributed by atoms with van der Waals surface area (Å²) in [5, 5.41) is 8.03. The fourth-order valence-corrected chi connectivity index (χ4v) is 8.25. The Hall–Kier alpha value is -5.99. The summed E-state index contributed by atoms with van der Waals surface area (Å²) in [6, 6.07) is 50.4. The quantitative estimate of drug-likeness (QED) is 0.180. The van der Waals surface area contributed by atoms with Gasteiger partial charge in [-0.3, -0.25) is 0 Å². The van der Waals surface area contributed by atoms with Crippen LogP contribution < -0.4 is 4.74 Å². The summed E-state index contributed by atoms with van der Waals surface area (Å²) in [7, 11) is 0. The van der Waals surface area contributed by atoms with Gasteiger partial charge in [-0.25, -0.2) is 4.39 Å². The Morgan fingerprint density at radius 2 is 0.938 bits per heavy atom. The minimum absolute atomic E-state index is 0.0456. The normalized spacial score (nSPS) is 16.6. The zero-order valence-corrected chi connectivity index (χ0v) is 26.0. The van der Waals surface area contributed by atoms with E-state index in [1.54, 1.807) is 0 Å². The van der Waals surface area contributed by atoms with Crippen LogP contribution in [0.1, 0.15) is 17.0 Å². The van der Waals surface area contributed by atoms with Crippen LogP contribution in [0, 0.1) is 5.82 Å². The third-order valence-electron chi connectivity index (χ3n) is 10.3. The maximum Gasteiger partial charge on any atom is 0.138 e. The lowest BCUT2D eigenvalue weighted by Crippen LogP contribution is -2.21. The standard InChI is InChI=1S/C46H29FO/c47-45-36-21-10-8-19-34(36)43(35-20-9-11-22-37(35)45)29-25-26-41-40(27-29)38-23-12-24-39(46(38)48-41)44-32-17-6-4-15-30(32)42(28-13-2-1-3-14-28)31-16-5-7-18-33(31)44/h1-27,38,46H. The molecule has 1 nitrogen and oxygen atoms in total. The average Bonchev–Trinajstić information content (AvgIpc) is 3.53. The lowest BCUT2D eigenvalue weighted by Gasteiger charge is -2.26. The van der Waals surface area contributed by atoms with Gasteiger partial charge in [-0.1, -0.05) is 152 Å². The molecule has 48 heavy (non-hydrogen) atoms. The van der Waals surface area contributed by atoms with Crippen molar-refractivity contribution in [3.05, 3.63) is 181 Å². The number of fused-ring (bicyclic) bond motifs is 7. The van der Waals surface area contributed by atoms with Crippen molar-refractivity contribution in [2.75, 3.05) is 0 Å². The van der Waals surface area contributed by atoms with Crippen molar-refractivity contribution in [3.8, 4) is 28.0 Å². The summed E-state index contributed by atoms with van der Waals surface area (Å²) in [6.07, 6.45) is 6.54. The second-order valence-corrected chi connectivity index (χ2v) is 12.8. The van der Waals surface area contributed by atoms with Crippen LogP contribution in [0.4, 0.5) is 4.39 Å². The fourth-order valence-electron chi connectivity index (χ4n) is 8.25. The van der Waals surface area contributed by atoms with Crippen molar-refractivity contribution in [3.63, 3.8) is 0 Å². The Bertz CT molecular complexity index is 2550. The smallest absolute Gasteiger partial charge is 0.138 e. The van der Waals surface area contributed by atoms with Gasteiger partial charge in [0.1, 0.15) is 17.7 Å². The Morgan fingerprint density at radius 3 is 1.52 bits per heavy atom. The van der Waals surface area contributed by atoms with Gasteiger partial charge in [0.15, 0.2) is 0 Å². The molecule has 0 saturated heterocycles. The minimum Gasteiger partial charge on any atom is -0.484 e. The maximum absolute atomic E-state index is 15.7. The number of benzene rings is 8. The summed E-state index contributed by atoms with van der Waals surface area (Å²) < 4.78 is 22.6. The van der Waals surface area contributed by atoms with E-state index in [1.165, 1.54) is 43.8 Å². The predicted molar refractivity (Wildman–Crippen MR) is 198 cm³/mol. The first-order chi connectivity index (χ1) is 23.8. The van der Waals surface area contributed by atoms with Crippen molar-refractivity contribution in [2.24, 2.45) is 0 Å². The van der Waals surface area contributed by atoms with E-state index in [-0.39, 0.29) is 17.8 Å². The average molecular weight is 617 g/mol. The molecule has 0 N–H and O–H groups in total. The highest BCUT2D eigenvalue weighted by atomic mass is 19.1. The van der Waals surface area contributed by atoms with Crippen molar-refractivity contribution < 1.29 is 9.13 Å². The first-order valence-electron chi connectivity index (χ1n) is 16.5. The molecule has 0 spiro atoms. The fraction of sp³-hybridized carbons (Fsp3) is 0.0435. The van der Waals surface area contributed by atoms with Crippen molar-refractivity contribution >= 4 is 48.7 Å². The number of halogens is 1. The van der Waals surface area contributed by atoms with Gasteiger partial charge in [0.2, 0.25) is 0 Å². The monoisotopic (exact) mass is 616 g/mol. The van der Waals surface area contributed by atoms with Gasteiger partial charge in [-0.2, -0.15) is 0 Å². The van der Waals surface area contributed by atoms with E-state index in [4.69, 9.17) is 4.74 Å². The molecular weight excluding hydrogens is 588 g/mol. The van der Waals surface area contributed by atoms with E-state index in [0.29, 0.717) is 10.8 Å². The van der Waals surface area contributed by atoms with Gasteiger partial charge in [0.05, 0.1) is 0 Å². The second-order valence-electron chi connectivity index (χ2n) is 12.8. The van der Waals surface area contributed by atoms with Crippen LogP contribution in [0.2, 0.25) is 0 Å². The van der Waals surface area contributed by atoms with E-state index >= 15 is 4.39 Å². The molecule has 0 saturated carbocycles. The Morgan fingerprint density at radius 1 is 0.458 bits per heavy atom. The van der Waals surface area contributed by atoms with Gasteiger partial charge in [-0.05, 0) is 72.3 Å². The molecule has 8 aromatic rings. The summed E-state index contributed by atoms with van der Waals surface area (Å²) in [4.78, 5) is 0. The molecule has 0 aromatic heterocycles. The summed E-state index contributed by atoms with van der Waals surface area (Å²) in [5.74, 6) is 0.776. The minimum atomic E-state index is -0.170. The highest BCUT2D eigenvalue weighted by molar-refractivity contribution is 6.19. The van der Waals surface area contributed by atoms with E-state index in [1.807, 2.05) is 48.5 Å². The van der Waals surface area contributed by atoms with E-state index < -0.39 is 0 Å². The van der Waals surface area contributed by atoms with Crippen LogP contribution >= 0.6 is 0 Å². The lowest BCUT2D eigenvalue weighted by atomic mass is 9.79. The van der Waals surface area contributed by atoms with Crippen LogP contribution in [0.5, 0.6) is 5.75 Å². The van der Waals surface area contributed by atoms with E-state index in [9.17, 15) is 0 Å². The molecule has 2 atom stereocenters. The summed E-state index contributed by atoms with van der Waals surface area (Å²) in [6.45, 7) is 0. The number of rotatable bonds is 3. The highest BCUT2D eigenvalue weighted by Gasteiger charge is 2.38. The largest absolute Gasteiger partial charge is 0.484 e. The highest BCUT2D eigenvalue weighted by Crippen LogP contribution is 2.51. The van der Waals surface area contributed by atoms with Crippen LogP contribution in [-0.2, 0) is 0 Å². The van der Waals surface area contributed by atoms with Crippen LogP contribution in [0.25, 0.3) is 70.9 Å². The topological polar surface area (TPSA) is 9.23 Å². The number of ether oxygens (including phenoxy) is 1. The molecule has 2 heteroatoms. The molecule has 10 rings (SSSR count). The third kappa shape index (κ3) is 3.90. The Labute approximate surface area is 277 Å². The van der Waals surface area contributed by atoms with Gasteiger partial charge >= 0.3 is 0 Å². The molecule has 1 aliphatic heterocycles. The maximum atomic E-state index is 15.7. The zero-order valence-electron chi connectivity index (χ0n) is 26.0. The van der Waals surface area contributed by atoms with Gasteiger partial charge < -0.3 is 4.74 Å². The second kappa shape index (κ2) is 10.5. The first-order valence-corrected chi connectivity index (χ1v) is 16.5. The van der Waals surface area contributed by atoms with E-state index in [0.717, 1.165) is 33.2 Å². The van der Waals surface area contributed by atoms with Crippen molar-refractivity contribution in [1.29, 1.82) is 0 Å². The van der Waals surface area contributed by atoms with Crippen molar-refractivity contribution in [1.82, 2.24) is 0 Å². The summed E-state index contributed by atoms with van der Waals surface area (Å²) in [5.41, 5.74) is 8.16. The third-order valence-corrected chi connectivity index (χ3v) is 10.3. The number of hydrogen-bond donors (Lipinski definition) is 0. The molecule has 2 unspecified atom stereocenters. The van der Waals surface area contributed by atoms with Crippen LogP contribution in [0.3, 0.4) is 0 Å². The zero-order chi connectivity index (χ0) is 31.8. The van der Waals surface area contributed by atoms with Gasteiger partial charge in [0, 0.05) is 27.8 Å².